The van der Waals surface area contributed by atoms with E-state index in [-0.39, 0.29) is 0 Å². The molecule has 0 N–H and O–H groups in total. The minimum Gasteiger partial charge on any atom is -0.273 e. The van der Waals surface area contributed by atoms with Crippen LogP contribution in [0.4, 0.5) is 0 Å². The molecule has 0 radical (unpaired) electrons. The van der Waals surface area contributed by atoms with Crippen LogP contribution in [0.1, 0.15) is 16.7 Å². The predicted octanol–water partition coefficient (Wildman–Crippen LogP) is 2.31. The lowest BCUT2D eigenvalue weighted by molar-refractivity contribution is 1.09. The zero-order valence-corrected chi connectivity index (χ0v) is 8.55. The number of aromatic nitrogens is 3. The number of aryl methyl sites for hydroxylation is 2. The van der Waals surface area contributed by atoms with Gasteiger partial charge in [0.2, 0.25) is 5.28 Å². The van der Waals surface area contributed by atoms with Gasteiger partial charge >= 0.3 is 0 Å². The molecule has 4 heteroatoms. The number of hydrogen-bond acceptors (Lipinski definition) is 2. The van der Waals surface area contributed by atoms with Gasteiger partial charge in [-0.1, -0.05) is 0 Å². The Morgan fingerprint density at radius 3 is 2.54 bits per heavy atom. The highest BCUT2D eigenvalue weighted by atomic mass is 35.5. The molecule has 68 valence electrons. The Morgan fingerprint density at radius 2 is 1.85 bits per heavy atom. The number of hydrogen-bond donors (Lipinski definition) is 0. The van der Waals surface area contributed by atoms with Gasteiger partial charge in [-0.3, -0.25) is 4.40 Å². The summed E-state index contributed by atoms with van der Waals surface area (Å²) in [5.41, 5.74) is 4.43. The Balaban J connectivity index is 2.96. The standard InChI is InChI=1S/C9H10ClN3/c1-5-4-13-8(7(3)6(5)2)11-12-9(13)10/h4H,1-3H3. The zero-order valence-electron chi connectivity index (χ0n) is 7.80. The molecule has 13 heavy (non-hydrogen) atoms. The van der Waals surface area contributed by atoms with E-state index in [1.54, 1.807) is 4.40 Å². The highest BCUT2D eigenvalue weighted by Crippen LogP contribution is 2.19. The van der Waals surface area contributed by atoms with Gasteiger partial charge in [-0.05, 0) is 49.1 Å². The van der Waals surface area contributed by atoms with Crippen LogP contribution in [0, 0.1) is 20.8 Å². The molecule has 0 amide bonds. The fourth-order valence-corrected chi connectivity index (χ4v) is 1.56. The van der Waals surface area contributed by atoms with Crippen LogP contribution in [0.5, 0.6) is 0 Å². The first-order valence-electron chi connectivity index (χ1n) is 4.08. The Kier molecular flexibility index (Phi) is 1.77. The molecule has 0 fully saturated rings. The highest BCUT2D eigenvalue weighted by Gasteiger charge is 2.08. The van der Waals surface area contributed by atoms with E-state index >= 15 is 0 Å². The molecule has 0 unspecified atom stereocenters. The van der Waals surface area contributed by atoms with E-state index in [9.17, 15) is 0 Å². The van der Waals surface area contributed by atoms with Gasteiger partial charge in [0.1, 0.15) is 0 Å². The Hall–Kier alpha value is -1.09. The molecule has 0 aliphatic heterocycles. The third-order valence-corrected chi connectivity index (χ3v) is 2.72. The van der Waals surface area contributed by atoms with Crippen molar-refractivity contribution in [2.75, 3.05) is 0 Å². The molecule has 0 saturated carbocycles. The van der Waals surface area contributed by atoms with Gasteiger partial charge in [0.25, 0.3) is 0 Å². The fraction of sp³-hybridized carbons (Fsp3) is 0.333. The van der Waals surface area contributed by atoms with Crippen molar-refractivity contribution in [3.63, 3.8) is 0 Å². The van der Waals surface area contributed by atoms with Crippen LogP contribution in [0.15, 0.2) is 6.20 Å². The van der Waals surface area contributed by atoms with E-state index in [2.05, 4.69) is 24.0 Å². The first-order chi connectivity index (χ1) is 6.11. The molecule has 0 atom stereocenters. The van der Waals surface area contributed by atoms with E-state index in [0.29, 0.717) is 5.28 Å². The van der Waals surface area contributed by atoms with Crippen LogP contribution < -0.4 is 0 Å². The average Bonchev–Trinajstić information content (AvgIpc) is 2.45. The summed E-state index contributed by atoms with van der Waals surface area (Å²) < 4.78 is 1.80. The number of nitrogens with zero attached hydrogens (tertiary/aromatic N) is 3. The van der Waals surface area contributed by atoms with Gasteiger partial charge in [-0.25, -0.2) is 0 Å². The SMILES string of the molecule is Cc1cn2c(Cl)nnc2c(C)c1C. The summed E-state index contributed by atoms with van der Waals surface area (Å²) in [4.78, 5) is 0. The molecule has 2 aromatic rings. The third kappa shape index (κ3) is 1.11. The molecule has 0 aromatic carbocycles. The quantitative estimate of drug-likeness (QED) is 0.646. The molecule has 2 heterocycles. The van der Waals surface area contributed by atoms with E-state index in [0.717, 1.165) is 11.2 Å². The van der Waals surface area contributed by atoms with Crippen molar-refractivity contribution in [3.05, 3.63) is 28.2 Å². The summed E-state index contributed by atoms with van der Waals surface area (Å²) in [5, 5.41) is 8.24. The van der Waals surface area contributed by atoms with Crippen LogP contribution in [0.2, 0.25) is 5.28 Å². The predicted molar refractivity (Wildman–Crippen MR) is 52.2 cm³/mol. The van der Waals surface area contributed by atoms with Crippen molar-refractivity contribution in [3.8, 4) is 0 Å². The Labute approximate surface area is 81.4 Å². The minimum absolute atomic E-state index is 0.418. The Morgan fingerprint density at radius 1 is 1.15 bits per heavy atom. The summed E-state index contributed by atoms with van der Waals surface area (Å²) in [5.74, 6) is 0. The number of halogens is 1. The van der Waals surface area contributed by atoms with Crippen LogP contribution in [0.3, 0.4) is 0 Å². The second-order valence-corrected chi connectivity index (χ2v) is 3.56. The monoisotopic (exact) mass is 195 g/mol. The normalized spacial score (nSPS) is 11.1. The third-order valence-electron chi connectivity index (χ3n) is 2.47. The molecule has 3 nitrogen and oxygen atoms in total. The molecular formula is C9H10ClN3. The van der Waals surface area contributed by atoms with E-state index < -0.39 is 0 Å². The molecule has 0 aliphatic rings. The lowest BCUT2D eigenvalue weighted by Crippen LogP contribution is -1.94. The Bertz CT molecular complexity index is 473. The highest BCUT2D eigenvalue weighted by molar-refractivity contribution is 6.28. The molecule has 2 aromatic heterocycles. The molecule has 0 aliphatic carbocycles. The van der Waals surface area contributed by atoms with Crippen molar-refractivity contribution < 1.29 is 0 Å². The van der Waals surface area contributed by atoms with Gasteiger partial charge in [0.15, 0.2) is 5.65 Å². The first-order valence-corrected chi connectivity index (χ1v) is 4.46. The van der Waals surface area contributed by atoms with Crippen LogP contribution in [-0.2, 0) is 0 Å². The lowest BCUT2D eigenvalue weighted by Gasteiger charge is -2.05. The van der Waals surface area contributed by atoms with Crippen LogP contribution >= 0.6 is 11.6 Å². The van der Waals surface area contributed by atoms with Crippen LogP contribution in [0.25, 0.3) is 5.65 Å². The largest absolute Gasteiger partial charge is 0.273 e. The van der Waals surface area contributed by atoms with Crippen molar-refractivity contribution in [2.45, 2.75) is 20.8 Å². The maximum Gasteiger partial charge on any atom is 0.229 e. The lowest BCUT2D eigenvalue weighted by atomic mass is 10.1. The molecule has 2 rings (SSSR count). The van der Waals surface area contributed by atoms with Crippen molar-refractivity contribution in [2.24, 2.45) is 0 Å². The maximum atomic E-state index is 5.86. The number of pyridine rings is 1. The van der Waals surface area contributed by atoms with Crippen molar-refractivity contribution in [1.82, 2.24) is 14.6 Å². The molecule has 0 spiro atoms. The van der Waals surface area contributed by atoms with Gasteiger partial charge in [0.05, 0.1) is 0 Å². The minimum atomic E-state index is 0.418. The van der Waals surface area contributed by atoms with Crippen LogP contribution in [-0.4, -0.2) is 14.6 Å². The number of fused-ring (bicyclic) bond motifs is 1. The second-order valence-electron chi connectivity index (χ2n) is 3.22. The molecule has 0 bridgehead atoms. The summed E-state index contributed by atoms with van der Waals surface area (Å²) in [6.45, 7) is 6.16. The van der Waals surface area contributed by atoms with E-state index in [4.69, 9.17) is 11.6 Å². The average molecular weight is 196 g/mol. The number of rotatable bonds is 0. The summed E-state index contributed by atoms with van der Waals surface area (Å²) in [7, 11) is 0. The van der Waals surface area contributed by atoms with Gasteiger partial charge in [-0.15, -0.1) is 10.2 Å². The van der Waals surface area contributed by atoms with Crippen molar-refractivity contribution >= 4 is 17.2 Å². The van der Waals surface area contributed by atoms with E-state index in [1.807, 2.05) is 13.1 Å². The summed E-state index contributed by atoms with van der Waals surface area (Å²) >= 11 is 5.86. The molecule has 0 saturated heterocycles. The fourth-order valence-electron chi connectivity index (χ4n) is 1.40. The topological polar surface area (TPSA) is 30.2 Å². The second kappa shape index (κ2) is 2.70. The molecular weight excluding hydrogens is 186 g/mol. The van der Waals surface area contributed by atoms with Gasteiger partial charge in [-0.2, -0.15) is 0 Å². The smallest absolute Gasteiger partial charge is 0.229 e. The first kappa shape index (κ1) is 8.51. The zero-order chi connectivity index (χ0) is 9.59. The van der Waals surface area contributed by atoms with E-state index in [1.165, 1.54) is 11.1 Å². The summed E-state index contributed by atoms with van der Waals surface area (Å²) in [6.07, 6.45) is 1.96. The summed E-state index contributed by atoms with van der Waals surface area (Å²) in [6, 6.07) is 0. The van der Waals surface area contributed by atoms with Gasteiger partial charge < -0.3 is 0 Å². The van der Waals surface area contributed by atoms with Gasteiger partial charge in [0, 0.05) is 6.20 Å². The van der Waals surface area contributed by atoms with Crippen molar-refractivity contribution in [1.29, 1.82) is 0 Å². The maximum absolute atomic E-state index is 5.86.